The molecular weight excluding hydrogens is 196 g/mol. The minimum absolute atomic E-state index is 0.857. The number of nitrogens with zero attached hydrogens (tertiary/aromatic N) is 1. The van der Waals surface area contributed by atoms with Crippen LogP contribution in [0.5, 0.6) is 0 Å². The van der Waals surface area contributed by atoms with E-state index >= 15 is 0 Å². The van der Waals surface area contributed by atoms with Gasteiger partial charge in [-0.05, 0) is 58.3 Å². The Bertz CT molecular complexity index is 131. The third-order valence-corrected chi connectivity index (χ3v) is 3.32. The van der Waals surface area contributed by atoms with Crippen LogP contribution in [0, 0.1) is 5.92 Å². The number of unbranched alkanes of at least 4 members (excludes halogenated alkanes) is 1. The summed E-state index contributed by atoms with van der Waals surface area (Å²) < 4.78 is 0. The van der Waals surface area contributed by atoms with E-state index in [9.17, 15) is 0 Å². The molecule has 16 heavy (non-hydrogen) atoms. The minimum Gasteiger partial charge on any atom is -0.330 e. The van der Waals surface area contributed by atoms with Gasteiger partial charge in [0, 0.05) is 0 Å². The average Bonchev–Trinajstić information content (AvgIpc) is 2.27. The zero-order chi connectivity index (χ0) is 12.2. The summed E-state index contributed by atoms with van der Waals surface area (Å²) in [5, 5.41) is 0. The first kappa shape index (κ1) is 15.9. The van der Waals surface area contributed by atoms with Crippen molar-refractivity contribution in [3.05, 3.63) is 0 Å². The predicted molar refractivity (Wildman–Crippen MR) is 73.7 cm³/mol. The Morgan fingerprint density at radius 1 is 0.938 bits per heavy atom. The van der Waals surface area contributed by atoms with Crippen LogP contribution in [0.15, 0.2) is 0 Å². The molecule has 1 unspecified atom stereocenters. The first-order valence-electron chi connectivity index (χ1n) is 7.13. The molecule has 0 fully saturated rings. The van der Waals surface area contributed by atoms with Crippen molar-refractivity contribution in [2.45, 2.75) is 58.8 Å². The Labute approximate surface area is 103 Å². The number of hydrogen-bond acceptors (Lipinski definition) is 2. The molecule has 0 saturated carbocycles. The molecule has 0 radical (unpaired) electrons. The molecule has 2 N–H and O–H groups in total. The average molecular weight is 228 g/mol. The van der Waals surface area contributed by atoms with Gasteiger partial charge in [-0.1, -0.05) is 33.1 Å². The maximum absolute atomic E-state index is 5.65. The topological polar surface area (TPSA) is 29.3 Å². The van der Waals surface area contributed by atoms with Crippen molar-refractivity contribution in [3.63, 3.8) is 0 Å². The Morgan fingerprint density at radius 3 is 2.19 bits per heavy atom. The van der Waals surface area contributed by atoms with Gasteiger partial charge in [0.2, 0.25) is 0 Å². The molecule has 0 bridgehead atoms. The third kappa shape index (κ3) is 9.17. The van der Waals surface area contributed by atoms with E-state index in [0.717, 1.165) is 12.5 Å². The molecule has 0 aliphatic carbocycles. The van der Waals surface area contributed by atoms with Crippen LogP contribution in [0.3, 0.4) is 0 Å². The first-order valence-corrected chi connectivity index (χ1v) is 7.13. The fraction of sp³-hybridized carbons (Fsp3) is 1.00. The largest absolute Gasteiger partial charge is 0.330 e. The van der Waals surface area contributed by atoms with Crippen molar-refractivity contribution >= 4 is 0 Å². The fourth-order valence-electron chi connectivity index (χ4n) is 2.27. The van der Waals surface area contributed by atoms with Crippen molar-refractivity contribution in [3.8, 4) is 0 Å². The van der Waals surface area contributed by atoms with Gasteiger partial charge in [-0.2, -0.15) is 0 Å². The lowest BCUT2D eigenvalue weighted by molar-refractivity contribution is 0.300. The van der Waals surface area contributed by atoms with E-state index < -0.39 is 0 Å². The molecule has 0 saturated heterocycles. The molecule has 0 aromatic carbocycles. The van der Waals surface area contributed by atoms with Gasteiger partial charge >= 0.3 is 0 Å². The third-order valence-electron chi connectivity index (χ3n) is 3.32. The highest BCUT2D eigenvalue weighted by Crippen LogP contribution is 2.17. The molecule has 0 spiro atoms. The zero-order valence-electron chi connectivity index (χ0n) is 11.7. The van der Waals surface area contributed by atoms with E-state index in [0.29, 0.717) is 0 Å². The standard InChI is InChI=1S/C14H32N2/c1-4-6-12-16(3)13-7-9-14(8-5-2)10-11-15/h14H,4-13,15H2,1-3H3. The summed E-state index contributed by atoms with van der Waals surface area (Å²) in [6.07, 6.45) is 9.21. The van der Waals surface area contributed by atoms with Crippen LogP contribution in [0.1, 0.15) is 58.8 Å². The number of hydrogen-bond donors (Lipinski definition) is 1. The van der Waals surface area contributed by atoms with Crippen LogP contribution in [-0.4, -0.2) is 31.6 Å². The van der Waals surface area contributed by atoms with Crippen molar-refractivity contribution in [2.75, 3.05) is 26.7 Å². The highest BCUT2D eigenvalue weighted by Gasteiger charge is 2.07. The summed E-state index contributed by atoms with van der Waals surface area (Å²) >= 11 is 0. The number of nitrogens with two attached hydrogens (primary N) is 1. The molecule has 0 aliphatic rings. The molecule has 0 amide bonds. The van der Waals surface area contributed by atoms with Gasteiger partial charge in [0.1, 0.15) is 0 Å². The lowest BCUT2D eigenvalue weighted by Gasteiger charge is -2.19. The van der Waals surface area contributed by atoms with Crippen molar-refractivity contribution < 1.29 is 0 Å². The molecule has 2 heteroatoms. The Balaban J connectivity index is 3.51. The van der Waals surface area contributed by atoms with Crippen LogP contribution in [0.2, 0.25) is 0 Å². The van der Waals surface area contributed by atoms with Gasteiger partial charge in [-0.3, -0.25) is 0 Å². The SMILES string of the molecule is CCCCN(C)CCCC(CCC)CCN. The quantitative estimate of drug-likeness (QED) is 0.588. The molecule has 1 atom stereocenters. The monoisotopic (exact) mass is 228 g/mol. The molecule has 0 aromatic rings. The second kappa shape index (κ2) is 11.4. The first-order chi connectivity index (χ1) is 7.74. The fourth-order valence-corrected chi connectivity index (χ4v) is 2.27. The predicted octanol–water partition coefficient (Wildman–Crippen LogP) is 3.26. The summed E-state index contributed by atoms with van der Waals surface area (Å²) in [5.41, 5.74) is 5.65. The summed E-state index contributed by atoms with van der Waals surface area (Å²) in [5.74, 6) is 0.870. The van der Waals surface area contributed by atoms with E-state index in [1.165, 1.54) is 58.0 Å². The van der Waals surface area contributed by atoms with E-state index in [2.05, 4.69) is 25.8 Å². The zero-order valence-corrected chi connectivity index (χ0v) is 11.7. The summed E-state index contributed by atoms with van der Waals surface area (Å²) in [4.78, 5) is 2.47. The molecule has 0 heterocycles. The van der Waals surface area contributed by atoms with Gasteiger partial charge in [0.25, 0.3) is 0 Å². The maximum Gasteiger partial charge on any atom is -0.00217 e. The second-order valence-corrected chi connectivity index (χ2v) is 5.03. The normalized spacial score (nSPS) is 13.3. The van der Waals surface area contributed by atoms with Gasteiger partial charge in [-0.25, -0.2) is 0 Å². The van der Waals surface area contributed by atoms with E-state index in [1.807, 2.05) is 0 Å². The molecule has 0 aliphatic heterocycles. The summed E-state index contributed by atoms with van der Waals surface area (Å²) in [7, 11) is 2.24. The summed E-state index contributed by atoms with van der Waals surface area (Å²) in [6.45, 7) is 7.90. The van der Waals surface area contributed by atoms with E-state index in [-0.39, 0.29) is 0 Å². The van der Waals surface area contributed by atoms with Gasteiger partial charge in [0.15, 0.2) is 0 Å². The molecule has 0 rings (SSSR count). The van der Waals surface area contributed by atoms with Crippen LogP contribution < -0.4 is 5.73 Å². The van der Waals surface area contributed by atoms with Crippen LogP contribution in [0.4, 0.5) is 0 Å². The Kier molecular flexibility index (Phi) is 11.3. The lowest BCUT2D eigenvalue weighted by atomic mass is 9.94. The van der Waals surface area contributed by atoms with E-state index in [4.69, 9.17) is 5.73 Å². The lowest BCUT2D eigenvalue weighted by Crippen LogP contribution is -2.21. The van der Waals surface area contributed by atoms with Gasteiger partial charge in [0.05, 0.1) is 0 Å². The highest BCUT2D eigenvalue weighted by atomic mass is 15.1. The Morgan fingerprint density at radius 2 is 1.62 bits per heavy atom. The van der Waals surface area contributed by atoms with Gasteiger partial charge < -0.3 is 10.6 Å². The maximum atomic E-state index is 5.65. The smallest absolute Gasteiger partial charge is 0.00217 e. The highest BCUT2D eigenvalue weighted by molar-refractivity contribution is 4.61. The van der Waals surface area contributed by atoms with Crippen LogP contribution >= 0.6 is 0 Å². The van der Waals surface area contributed by atoms with Crippen molar-refractivity contribution in [1.29, 1.82) is 0 Å². The second-order valence-electron chi connectivity index (χ2n) is 5.03. The molecular formula is C14H32N2. The molecule has 0 aromatic heterocycles. The molecule has 98 valence electrons. The Hall–Kier alpha value is -0.0800. The number of rotatable bonds is 11. The van der Waals surface area contributed by atoms with Crippen molar-refractivity contribution in [1.82, 2.24) is 4.90 Å². The van der Waals surface area contributed by atoms with Crippen molar-refractivity contribution in [2.24, 2.45) is 11.7 Å². The van der Waals surface area contributed by atoms with Gasteiger partial charge in [-0.15, -0.1) is 0 Å². The summed E-state index contributed by atoms with van der Waals surface area (Å²) in [6, 6.07) is 0. The van der Waals surface area contributed by atoms with E-state index in [1.54, 1.807) is 0 Å². The van der Waals surface area contributed by atoms with Crippen LogP contribution in [-0.2, 0) is 0 Å². The molecule has 2 nitrogen and oxygen atoms in total. The minimum atomic E-state index is 0.857. The van der Waals surface area contributed by atoms with Crippen LogP contribution in [0.25, 0.3) is 0 Å².